The molecule has 0 unspecified atom stereocenters. The van der Waals surface area contributed by atoms with Gasteiger partial charge in [0.15, 0.2) is 5.78 Å². The zero-order chi connectivity index (χ0) is 29.0. The number of hydrogen-bond donors (Lipinski definition) is 5. The molecule has 6 N–H and O–H groups in total. The Kier molecular flexibility index (Phi) is 20.3. The summed E-state index contributed by atoms with van der Waals surface area (Å²) in [5.41, 5.74) is 5.42. The second-order valence-electron chi connectivity index (χ2n) is 9.72. The zero-order valence-corrected chi connectivity index (χ0v) is 24.0. The number of Topliss-reactive ketones (excluding diaryl/α,β-unsaturated/α-hetero) is 2. The molecule has 0 aromatic carbocycles. The predicted octanol–water partition coefficient (Wildman–Crippen LogP) is -0.432. The maximum atomic E-state index is 12.8. The average molecular weight is 566 g/mol. The molecule has 0 bridgehead atoms. The first kappa shape index (κ1) is 36.4. The molecule has 222 valence electrons. The lowest BCUT2D eigenvalue weighted by atomic mass is 10.1. The van der Waals surface area contributed by atoms with Crippen molar-refractivity contribution >= 4 is 35.1 Å². The number of rotatable bonds is 23. The van der Waals surface area contributed by atoms with Crippen molar-refractivity contribution in [2.75, 3.05) is 58.2 Å². The molecule has 3 atom stereocenters. The number of thioether (sulfide) groups is 1. The van der Waals surface area contributed by atoms with Crippen LogP contribution in [0.25, 0.3) is 0 Å². The Morgan fingerprint density at radius 2 is 1.61 bits per heavy atom. The molecular formula is C25H47N3O9S. The number of ether oxygens (including phenoxy) is 3. The van der Waals surface area contributed by atoms with Gasteiger partial charge in [-0.3, -0.25) is 19.2 Å². The Morgan fingerprint density at radius 3 is 2.21 bits per heavy atom. The van der Waals surface area contributed by atoms with Crippen LogP contribution in [0.1, 0.15) is 52.9 Å². The molecule has 0 aromatic rings. The molecular weight excluding hydrogens is 518 g/mol. The topological polar surface area (TPSA) is 187 Å². The molecule has 0 saturated carbocycles. The molecule has 0 aliphatic heterocycles. The average Bonchev–Trinajstić information content (AvgIpc) is 2.87. The molecule has 0 fully saturated rings. The Morgan fingerprint density at radius 1 is 0.947 bits per heavy atom. The van der Waals surface area contributed by atoms with Gasteiger partial charge < -0.3 is 40.8 Å². The Bertz CT molecular complexity index is 704. The van der Waals surface area contributed by atoms with E-state index >= 15 is 0 Å². The third kappa shape index (κ3) is 20.4. The van der Waals surface area contributed by atoms with Crippen molar-refractivity contribution in [2.45, 2.75) is 76.7 Å². The van der Waals surface area contributed by atoms with Crippen LogP contribution in [0, 0.1) is 0 Å². The van der Waals surface area contributed by atoms with Crippen molar-refractivity contribution in [3.05, 3.63) is 0 Å². The van der Waals surface area contributed by atoms with Gasteiger partial charge in [-0.15, -0.1) is 0 Å². The summed E-state index contributed by atoms with van der Waals surface area (Å²) in [5, 5.41) is 23.4. The monoisotopic (exact) mass is 565 g/mol. The summed E-state index contributed by atoms with van der Waals surface area (Å²) in [6, 6.07) is -1.74. The smallest absolute Gasteiger partial charge is 0.238 e. The number of aliphatic hydroxyl groups excluding tert-OH is 2. The molecule has 0 heterocycles. The Hall–Kier alpha value is -1.61. The van der Waals surface area contributed by atoms with Gasteiger partial charge in [-0.25, -0.2) is 0 Å². The number of amides is 2. The van der Waals surface area contributed by atoms with Crippen LogP contribution in [0.3, 0.4) is 0 Å². The third-order valence-corrected chi connectivity index (χ3v) is 6.28. The summed E-state index contributed by atoms with van der Waals surface area (Å²) in [5.74, 6) is -0.429. The molecule has 0 rings (SSSR count). The van der Waals surface area contributed by atoms with Crippen molar-refractivity contribution in [3.8, 4) is 0 Å². The number of carbonyl (C=O) groups excluding carboxylic acids is 4. The summed E-state index contributed by atoms with van der Waals surface area (Å²) in [6.07, 6.45) is 0.337. The second-order valence-corrected chi connectivity index (χ2v) is 10.8. The quantitative estimate of drug-likeness (QED) is 0.101. The number of nitrogens with one attached hydrogen (secondary N) is 2. The van der Waals surface area contributed by atoms with Crippen molar-refractivity contribution in [3.63, 3.8) is 0 Å². The van der Waals surface area contributed by atoms with Crippen molar-refractivity contribution < 1.29 is 43.6 Å². The van der Waals surface area contributed by atoms with Crippen molar-refractivity contribution in [1.82, 2.24) is 10.6 Å². The summed E-state index contributed by atoms with van der Waals surface area (Å²) in [7, 11) is 1.53. The minimum Gasteiger partial charge on any atom is -0.394 e. The first-order valence-corrected chi connectivity index (χ1v) is 14.0. The van der Waals surface area contributed by atoms with E-state index < -0.39 is 29.7 Å². The molecule has 12 nitrogen and oxygen atoms in total. The van der Waals surface area contributed by atoms with Gasteiger partial charge in [0, 0.05) is 50.8 Å². The van der Waals surface area contributed by atoms with Crippen LogP contribution in [0.15, 0.2) is 0 Å². The van der Waals surface area contributed by atoms with E-state index in [1.54, 1.807) is 0 Å². The van der Waals surface area contributed by atoms with Crippen molar-refractivity contribution in [1.29, 1.82) is 0 Å². The minimum atomic E-state index is -0.884. The molecule has 0 saturated heterocycles. The molecule has 13 heteroatoms. The zero-order valence-electron chi connectivity index (χ0n) is 23.2. The SMILES string of the molecule is CNC(=O)CCC(=O)CCOCCOCCCC(=O)[C@H](COC(C)(C)C)NC(=O)[C@@H](N)CSC[C@H](O)CO. The number of nitrogens with two attached hydrogens (primary N) is 1. The minimum absolute atomic E-state index is 0.00764. The molecule has 0 aliphatic carbocycles. The summed E-state index contributed by atoms with van der Waals surface area (Å²) in [6.45, 7) is 6.38. The van der Waals surface area contributed by atoms with Gasteiger partial charge in [0.1, 0.15) is 11.8 Å². The fraction of sp³-hybridized carbons (Fsp3) is 0.840. The lowest BCUT2D eigenvalue weighted by Gasteiger charge is -2.25. The van der Waals surface area contributed by atoms with Gasteiger partial charge in [-0.1, -0.05) is 0 Å². The van der Waals surface area contributed by atoms with Gasteiger partial charge in [0.05, 0.1) is 50.8 Å². The van der Waals surface area contributed by atoms with Crippen LogP contribution in [0.5, 0.6) is 0 Å². The van der Waals surface area contributed by atoms with E-state index in [1.165, 1.54) is 18.8 Å². The number of aliphatic hydroxyl groups is 2. The standard InChI is InChI=1S/C25H47N3O9S/c1-25(2,3)37-15-21(28-24(34)20(26)17-38-16-19(31)14-29)22(32)6-5-10-35-12-13-36-11-9-18(30)7-8-23(33)27-4/h19-21,29,31H,5-17,26H2,1-4H3,(H,27,33)(H,28,34)/t19-,20+,21+/m1/s1. The fourth-order valence-corrected chi connectivity index (χ4v) is 3.74. The molecule has 38 heavy (non-hydrogen) atoms. The highest BCUT2D eigenvalue weighted by Crippen LogP contribution is 2.10. The molecule has 0 aliphatic rings. The lowest BCUT2D eigenvalue weighted by Crippen LogP contribution is -2.51. The molecule has 0 radical (unpaired) electrons. The van der Waals surface area contributed by atoms with Gasteiger partial charge in [-0.2, -0.15) is 11.8 Å². The number of ketones is 2. The van der Waals surface area contributed by atoms with Crippen LogP contribution in [-0.2, 0) is 33.4 Å². The van der Waals surface area contributed by atoms with Gasteiger partial charge in [0.25, 0.3) is 0 Å². The summed E-state index contributed by atoms with van der Waals surface area (Å²) < 4.78 is 16.6. The number of hydrogen-bond acceptors (Lipinski definition) is 11. The normalized spacial score (nSPS) is 14.0. The van der Waals surface area contributed by atoms with Crippen LogP contribution < -0.4 is 16.4 Å². The highest BCUT2D eigenvalue weighted by molar-refractivity contribution is 7.99. The largest absolute Gasteiger partial charge is 0.394 e. The van der Waals surface area contributed by atoms with Crippen LogP contribution in [0.4, 0.5) is 0 Å². The van der Waals surface area contributed by atoms with Crippen LogP contribution >= 0.6 is 11.8 Å². The predicted molar refractivity (Wildman–Crippen MR) is 145 cm³/mol. The highest BCUT2D eigenvalue weighted by Gasteiger charge is 2.25. The Labute approximate surface area is 230 Å². The van der Waals surface area contributed by atoms with Crippen LogP contribution in [-0.4, -0.2) is 116 Å². The lowest BCUT2D eigenvalue weighted by molar-refractivity contribution is -0.131. The highest BCUT2D eigenvalue weighted by atomic mass is 32.2. The van der Waals surface area contributed by atoms with Crippen LogP contribution in [0.2, 0.25) is 0 Å². The van der Waals surface area contributed by atoms with Crippen molar-refractivity contribution in [2.24, 2.45) is 5.73 Å². The van der Waals surface area contributed by atoms with Gasteiger partial charge in [-0.05, 0) is 27.2 Å². The Balaban J connectivity index is 4.29. The molecule has 0 spiro atoms. The van der Waals surface area contributed by atoms with Gasteiger partial charge >= 0.3 is 0 Å². The summed E-state index contributed by atoms with van der Waals surface area (Å²) in [4.78, 5) is 48.1. The van der Waals surface area contributed by atoms with Gasteiger partial charge in [0.2, 0.25) is 11.8 Å². The van der Waals surface area contributed by atoms with E-state index in [1.807, 2.05) is 20.8 Å². The third-order valence-electron chi connectivity index (χ3n) is 5.06. The van der Waals surface area contributed by atoms with E-state index in [0.29, 0.717) is 26.2 Å². The van der Waals surface area contributed by atoms with E-state index in [4.69, 9.17) is 25.1 Å². The molecule has 2 amide bonds. The van der Waals surface area contributed by atoms with E-state index in [-0.39, 0.29) is 74.5 Å². The maximum absolute atomic E-state index is 12.8. The maximum Gasteiger partial charge on any atom is 0.238 e. The first-order chi connectivity index (χ1) is 17.9. The number of carbonyl (C=O) groups is 4. The first-order valence-electron chi connectivity index (χ1n) is 12.9. The van der Waals surface area contributed by atoms with E-state index in [9.17, 15) is 24.3 Å². The fourth-order valence-electron chi connectivity index (χ4n) is 2.82. The summed E-state index contributed by atoms with van der Waals surface area (Å²) >= 11 is 1.24. The van der Waals surface area contributed by atoms with E-state index in [0.717, 1.165) is 0 Å². The molecule has 0 aromatic heterocycles. The van der Waals surface area contributed by atoms with E-state index in [2.05, 4.69) is 10.6 Å². The second kappa shape index (κ2) is 21.2.